The third kappa shape index (κ3) is 5.90. The third-order valence-electron chi connectivity index (χ3n) is 5.54. The zero-order valence-electron chi connectivity index (χ0n) is 17.3. The van der Waals surface area contributed by atoms with Gasteiger partial charge in [0, 0.05) is 39.1 Å². The van der Waals surface area contributed by atoms with Crippen LogP contribution in [-0.4, -0.2) is 65.6 Å². The van der Waals surface area contributed by atoms with Gasteiger partial charge in [0.15, 0.2) is 0 Å². The standard InChI is InChI=1S/C22H30N4O3/c1-24(21(27)17-26-13-6-11-23-22(26)28)15-18-7-5-12-25(16-18)14-10-19-8-3-4-9-20(19)29-2/h3-4,6,8-9,11,13,18H,5,7,10,12,14-17H2,1-2H3/t18-/m0/s1. The third-order valence-corrected chi connectivity index (χ3v) is 5.54. The van der Waals surface area contributed by atoms with Crippen molar-refractivity contribution in [2.24, 2.45) is 5.92 Å². The Morgan fingerprint density at radius 2 is 2.14 bits per heavy atom. The topological polar surface area (TPSA) is 67.7 Å². The molecule has 0 aliphatic carbocycles. The number of aromatic nitrogens is 2. The summed E-state index contributed by atoms with van der Waals surface area (Å²) in [5.74, 6) is 1.32. The predicted octanol–water partition coefficient (Wildman–Crippen LogP) is 1.67. The van der Waals surface area contributed by atoms with Gasteiger partial charge in [-0.3, -0.25) is 9.36 Å². The predicted molar refractivity (Wildman–Crippen MR) is 112 cm³/mol. The number of amides is 1. The molecule has 1 aliphatic heterocycles. The maximum atomic E-state index is 12.5. The molecule has 3 rings (SSSR count). The maximum Gasteiger partial charge on any atom is 0.347 e. The molecule has 7 nitrogen and oxygen atoms in total. The summed E-state index contributed by atoms with van der Waals surface area (Å²) >= 11 is 0. The van der Waals surface area contributed by atoms with Gasteiger partial charge in [-0.1, -0.05) is 18.2 Å². The molecule has 0 radical (unpaired) electrons. The van der Waals surface area contributed by atoms with Gasteiger partial charge in [0.2, 0.25) is 5.91 Å². The molecule has 1 atom stereocenters. The molecule has 1 aliphatic rings. The number of hydrogen-bond donors (Lipinski definition) is 0. The zero-order chi connectivity index (χ0) is 20.6. The SMILES string of the molecule is COc1ccccc1CCN1CCC[C@@H](CN(C)C(=O)Cn2cccnc2=O)C1. The molecule has 0 spiro atoms. The lowest BCUT2D eigenvalue weighted by atomic mass is 9.97. The summed E-state index contributed by atoms with van der Waals surface area (Å²) in [6, 6.07) is 9.82. The Kier molecular flexibility index (Phi) is 7.41. The molecule has 7 heteroatoms. The molecule has 1 amide bonds. The van der Waals surface area contributed by atoms with Crippen molar-refractivity contribution in [3.63, 3.8) is 0 Å². The highest BCUT2D eigenvalue weighted by molar-refractivity contribution is 5.75. The lowest BCUT2D eigenvalue weighted by molar-refractivity contribution is -0.131. The van der Waals surface area contributed by atoms with Crippen LogP contribution in [0.15, 0.2) is 47.5 Å². The molecule has 156 valence electrons. The number of methoxy groups -OCH3 is 1. The molecule has 0 N–H and O–H groups in total. The molecular weight excluding hydrogens is 368 g/mol. The normalized spacial score (nSPS) is 17.1. The van der Waals surface area contributed by atoms with Crippen molar-refractivity contribution in [3.05, 3.63) is 58.8 Å². The summed E-state index contributed by atoms with van der Waals surface area (Å²) in [4.78, 5) is 32.1. The Bertz CT molecular complexity index is 867. The summed E-state index contributed by atoms with van der Waals surface area (Å²) in [6.07, 6.45) is 6.25. The lowest BCUT2D eigenvalue weighted by Crippen LogP contribution is -2.43. The first kappa shape index (κ1) is 21.0. The van der Waals surface area contributed by atoms with Gasteiger partial charge >= 0.3 is 5.69 Å². The van der Waals surface area contributed by atoms with Crippen LogP contribution in [0.25, 0.3) is 0 Å². The first-order valence-electron chi connectivity index (χ1n) is 10.2. The van der Waals surface area contributed by atoms with Gasteiger partial charge in [-0.05, 0) is 49.4 Å². The summed E-state index contributed by atoms with van der Waals surface area (Å²) in [6.45, 7) is 3.81. The Hall–Kier alpha value is -2.67. The molecule has 2 heterocycles. The van der Waals surface area contributed by atoms with E-state index in [1.165, 1.54) is 16.3 Å². The summed E-state index contributed by atoms with van der Waals surface area (Å²) in [5, 5.41) is 0. The van der Waals surface area contributed by atoms with Crippen molar-refractivity contribution in [1.29, 1.82) is 0 Å². The molecule has 1 fully saturated rings. The van der Waals surface area contributed by atoms with E-state index >= 15 is 0 Å². The van der Waals surface area contributed by atoms with Crippen molar-refractivity contribution in [3.8, 4) is 5.75 Å². The minimum absolute atomic E-state index is 0.0351. The molecule has 29 heavy (non-hydrogen) atoms. The van der Waals surface area contributed by atoms with Gasteiger partial charge in [0.05, 0.1) is 7.11 Å². The van der Waals surface area contributed by atoms with Crippen molar-refractivity contribution in [2.45, 2.75) is 25.8 Å². The van der Waals surface area contributed by atoms with Crippen LogP contribution in [0.2, 0.25) is 0 Å². The monoisotopic (exact) mass is 398 g/mol. The highest BCUT2D eigenvalue weighted by Crippen LogP contribution is 2.21. The Morgan fingerprint density at radius 3 is 2.93 bits per heavy atom. The quantitative estimate of drug-likeness (QED) is 0.677. The number of rotatable bonds is 8. The van der Waals surface area contributed by atoms with Crippen LogP contribution in [0, 0.1) is 5.92 Å². The van der Waals surface area contributed by atoms with Gasteiger partial charge in [0.1, 0.15) is 12.3 Å². The lowest BCUT2D eigenvalue weighted by Gasteiger charge is -2.34. The first-order chi connectivity index (χ1) is 14.1. The van der Waals surface area contributed by atoms with Gasteiger partial charge < -0.3 is 14.5 Å². The molecule has 0 unspecified atom stereocenters. The van der Waals surface area contributed by atoms with E-state index in [9.17, 15) is 9.59 Å². The second-order valence-electron chi connectivity index (χ2n) is 7.68. The Morgan fingerprint density at radius 1 is 1.31 bits per heavy atom. The Balaban J connectivity index is 1.49. The fourth-order valence-electron chi connectivity index (χ4n) is 3.95. The van der Waals surface area contributed by atoms with E-state index in [0.29, 0.717) is 12.5 Å². The van der Waals surface area contributed by atoms with Crippen molar-refractivity contribution >= 4 is 5.91 Å². The van der Waals surface area contributed by atoms with Gasteiger partial charge in [-0.2, -0.15) is 0 Å². The second kappa shape index (κ2) is 10.2. The molecule has 1 aromatic carbocycles. The van der Waals surface area contributed by atoms with E-state index in [1.807, 2.05) is 25.2 Å². The van der Waals surface area contributed by atoms with Crippen LogP contribution in [0.4, 0.5) is 0 Å². The highest BCUT2D eigenvalue weighted by atomic mass is 16.5. The number of nitrogens with zero attached hydrogens (tertiary/aromatic N) is 4. The van der Waals surface area contributed by atoms with Crippen LogP contribution in [0.3, 0.4) is 0 Å². The van der Waals surface area contributed by atoms with E-state index in [4.69, 9.17) is 4.74 Å². The molecule has 0 bridgehead atoms. The fourth-order valence-corrected chi connectivity index (χ4v) is 3.95. The smallest absolute Gasteiger partial charge is 0.347 e. The molecule has 2 aromatic rings. The van der Waals surface area contributed by atoms with E-state index in [-0.39, 0.29) is 12.5 Å². The van der Waals surface area contributed by atoms with Crippen LogP contribution in [0.1, 0.15) is 18.4 Å². The average molecular weight is 399 g/mol. The van der Waals surface area contributed by atoms with Gasteiger partial charge in [-0.25, -0.2) is 9.78 Å². The number of piperidine rings is 1. The van der Waals surface area contributed by atoms with Crippen LogP contribution in [-0.2, 0) is 17.8 Å². The zero-order valence-corrected chi connectivity index (χ0v) is 17.3. The van der Waals surface area contributed by atoms with Crippen LogP contribution < -0.4 is 10.4 Å². The average Bonchev–Trinajstić information content (AvgIpc) is 2.74. The van der Waals surface area contributed by atoms with Crippen molar-refractivity contribution in [2.75, 3.05) is 40.3 Å². The van der Waals surface area contributed by atoms with Crippen molar-refractivity contribution in [1.82, 2.24) is 19.4 Å². The van der Waals surface area contributed by atoms with Crippen LogP contribution in [0.5, 0.6) is 5.75 Å². The number of hydrogen-bond acceptors (Lipinski definition) is 5. The van der Waals surface area contributed by atoms with Crippen molar-refractivity contribution < 1.29 is 9.53 Å². The number of carbonyl (C=O) groups excluding carboxylic acids is 1. The molecular formula is C22H30N4O3. The highest BCUT2D eigenvalue weighted by Gasteiger charge is 2.23. The van der Waals surface area contributed by atoms with Crippen LogP contribution >= 0.6 is 0 Å². The minimum atomic E-state index is -0.394. The fraction of sp³-hybridized carbons (Fsp3) is 0.500. The number of likely N-dealkylation sites (tertiary alicyclic amines) is 1. The number of carbonyl (C=O) groups is 1. The van der Waals surface area contributed by atoms with E-state index in [1.54, 1.807) is 24.3 Å². The number of benzene rings is 1. The largest absolute Gasteiger partial charge is 0.496 e. The minimum Gasteiger partial charge on any atom is -0.496 e. The first-order valence-corrected chi connectivity index (χ1v) is 10.2. The van der Waals surface area contributed by atoms with E-state index in [0.717, 1.165) is 44.6 Å². The number of para-hydroxylation sites is 1. The second-order valence-corrected chi connectivity index (χ2v) is 7.68. The molecule has 1 aromatic heterocycles. The summed E-state index contributed by atoms with van der Waals surface area (Å²) in [7, 11) is 3.53. The van der Waals surface area contributed by atoms with Gasteiger partial charge in [0.25, 0.3) is 0 Å². The van der Waals surface area contributed by atoms with E-state index in [2.05, 4.69) is 16.0 Å². The maximum absolute atomic E-state index is 12.5. The van der Waals surface area contributed by atoms with Gasteiger partial charge in [-0.15, -0.1) is 0 Å². The summed E-state index contributed by atoms with van der Waals surface area (Å²) in [5.41, 5.74) is 0.834. The summed E-state index contributed by atoms with van der Waals surface area (Å²) < 4.78 is 6.80. The number of ether oxygens (including phenoxy) is 1. The van der Waals surface area contributed by atoms with E-state index < -0.39 is 5.69 Å². The molecule has 0 saturated carbocycles. The molecule has 1 saturated heterocycles. The Labute approximate surface area is 171 Å². The number of likely N-dealkylation sites (N-methyl/N-ethyl adjacent to an activating group) is 1.